The fraction of sp³-hybridized carbons (Fsp3) is 0.542. The number of fused-ring (bicyclic) bond motifs is 1. The topological polar surface area (TPSA) is 63.6 Å². The van der Waals surface area contributed by atoms with Crippen molar-refractivity contribution >= 4 is 34.2 Å². The van der Waals surface area contributed by atoms with E-state index in [-0.39, 0.29) is 5.56 Å². The number of rotatable bonds is 12. The fourth-order valence-corrected chi connectivity index (χ4v) is 4.24. The lowest BCUT2D eigenvalue weighted by molar-refractivity contribution is 0.523. The van der Waals surface area contributed by atoms with E-state index in [1.165, 1.54) is 44.9 Å². The zero-order valence-corrected chi connectivity index (χ0v) is 20.0. The number of halogens is 2. The van der Waals surface area contributed by atoms with E-state index < -0.39 is 0 Å². The molecule has 0 aliphatic heterocycles. The van der Waals surface area contributed by atoms with Crippen LogP contribution in [0.3, 0.4) is 0 Å². The fourth-order valence-electron chi connectivity index (χ4n) is 3.92. The molecule has 0 bridgehead atoms. The van der Waals surface area contributed by atoms with Gasteiger partial charge in [0.15, 0.2) is 5.65 Å². The van der Waals surface area contributed by atoms with E-state index >= 15 is 0 Å². The molecule has 3 aromatic rings. The first-order chi connectivity index (χ1) is 15.0. The third-order valence-electron chi connectivity index (χ3n) is 5.64. The number of benzene rings is 1. The summed E-state index contributed by atoms with van der Waals surface area (Å²) in [6.45, 7) is 5.05. The van der Waals surface area contributed by atoms with E-state index in [0.717, 1.165) is 24.2 Å². The van der Waals surface area contributed by atoms with Crippen molar-refractivity contribution in [3.63, 3.8) is 0 Å². The molecule has 2 aromatic heterocycles. The number of nitrogens with one attached hydrogen (secondary N) is 1. The molecule has 0 aliphatic rings. The standard InChI is InChI=1S/C24H32Cl2N4O/c1-3-5-6-7-8-9-10-11-14-30-23-22(20(4-2)29-30)24(31)28-21(27-23)16-17-12-13-18(25)19(26)15-17/h12-13,15H,3-11,14,16H2,1-2H3,(H,27,28,31). The van der Waals surface area contributed by atoms with Crippen LogP contribution >= 0.6 is 23.2 Å². The van der Waals surface area contributed by atoms with Gasteiger partial charge in [-0.2, -0.15) is 5.10 Å². The van der Waals surface area contributed by atoms with Crippen LogP contribution in [0, 0.1) is 0 Å². The van der Waals surface area contributed by atoms with Gasteiger partial charge in [0, 0.05) is 13.0 Å². The molecule has 3 rings (SSSR count). The molecule has 0 spiro atoms. The van der Waals surface area contributed by atoms with Gasteiger partial charge >= 0.3 is 0 Å². The van der Waals surface area contributed by atoms with Gasteiger partial charge in [-0.25, -0.2) is 9.67 Å². The average molecular weight is 463 g/mol. The second-order valence-electron chi connectivity index (χ2n) is 8.13. The number of aromatic amines is 1. The Morgan fingerprint density at radius 3 is 2.35 bits per heavy atom. The molecule has 2 heterocycles. The van der Waals surface area contributed by atoms with E-state index in [1.54, 1.807) is 6.07 Å². The predicted octanol–water partition coefficient (Wildman–Crippen LogP) is 6.72. The minimum Gasteiger partial charge on any atom is -0.310 e. The summed E-state index contributed by atoms with van der Waals surface area (Å²) in [5, 5.41) is 6.32. The molecule has 0 radical (unpaired) electrons. The van der Waals surface area contributed by atoms with Gasteiger partial charge in [0.05, 0.1) is 15.7 Å². The number of unbranched alkanes of at least 4 members (excludes halogenated alkanes) is 7. The maximum Gasteiger partial charge on any atom is 0.262 e. The molecular formula is C24H32Cl2N4O. The molecule has 0 fully saturated rings. The lowest BCUT2D eigenvalue weighted by Gasteiger charge is -2.06. The van der Waals surface area contributed by atoms with Crippen molar-refractivity contribution in [3.05, 3.63) is 55.7 Å². The van der Waals surface area contributed by atoms with Gasteiger partial charge in [-0.05, 0) is 30.5 Å². The highest BCUT2D eigenvalue weighted by Crippen LogP contribution is 2.24. The Morgan fingerprint density at radius 2 is 1.68 bits per heavy atom. The van der Waals surface area contributed by atoms with Gasteiger partial charge in [-0.1, -0.05) is 88.1 Å². The van der Waals surface area contributed by atoms with Crippen molar-refractivity contribution in [1.82, 2.24) is 19.7 Å². The molecule has 0 saturated carbocycles. The summed E-state index contributed by atoms with van der Waals surface area (Å²) in [6, 6.07) is 5.47. The lowest BCUT2D eigenvalue weighted by atomic mass is 10.1. The molecule has 0 unspecified atom stereocenters. The summed E-state index contributed by atoms with van der Waals surface area (Å²) in [6.07, 6.45) is 11.2. The van der Waals surface area contributed by atoms with Crippen molar-refractivity contribution < 1.29 is 0 Å². The van der Waals surface area contributed by atoms with Gasteiger partial charge < -0.3 is 4.98 Å². The van der Waals surface area contributed by atoms with Gasteiger partial charge in [0.1, 0.15) is 11.2 Å². The molecule has 1 aromatic carbocycles. The van der Waals surface area contributed by atoms with Gasteiger partial charge in [-0.15, -0.1) is 0 Å². The van der Waals surface area contributed by atoms with Crippen LogP contribution in [0.5, 0.6) is 0 Å². The number of hydrogen-bond acceptors (Lipinski definition) is 3. The summed E-state index contributed by atoms with van der Waals surface area (Å²) in [7, 11) is 0. The summed E-state index contributed by atoms with van der Waals surface area (Å²) in [5.41, 5.74) is 2.31. The second kappa shape index (κ2) is 11.7. The number of H-pyrrole nitrogens is 1. The van der Waals surface area contributed by atoms with Crippen LogP contribution < -0.4 is 5.56 Å². The Balaban J connectivity index is 1.72. The van der Waals surface area contributed by atoms with Crippen molar-refractivity contribution in [1.29, 1.82) is 0 Å². The minimum atomic E-state index is -0.126. The Bertz CT molecular complexity index is 1060. The third-order valence-corrected chi connectivity index (χ3v) is 6.38. The van der Waals surface area contributed by atoms with E-state index in [2.05, 4.69) is 11.9 Å². The SMILES string of the molecule is CCCCCCCCCCn1nc(CC)c2c(=O)[nH]c(Cc3ccc(Cl)c(Cl)c3)nc21. The van der Waals surface area contributed by atoms with E-state index in [1.807, 2.05) is 23.7 Å². The summed E-state index contributed by atoms with van der Waals surface area (Å²) >= 11 is 12.1. The second-order valence-corrected chi connectivity index (χ2v) is 8.95. The smallest absolute Gasteiger partial charge is 0.262 e. The van der Waals surface area contributed by atoms with Crippen LogP contribution in [0.25, 0.3) is 11.0 Å². The molecule has 0 aliphatic carbocycles. The molecular weight excluding hydrogens is 431 g/mol. The van der Waals surface area contributed by atoms with Crippen molar-refractivity contribution in [2.45, 2.75) is 84.6 Å². The molecule has 31 heavy (non-hydrogen) atoms. The van der Waals surface area contributed by atoms with Crippen molar-refractivity contribution in [2.75, 3.05) is 0 Å². The third kappa shape index (κ3) is 6.33. The largest absolute Gasteiger partial charge is 0.310 e. The first-order valence-electron chi connectivity index (χ1n) is 11.5. The molecule has 7 heteroatoms. The Labute approximate surface area is 194 Å². The highest BCUT2D eigenvalue weighted by molar-refractivity contribution is 6.42. The molecule has 168 valence electrons. The quantitative estimate of drug-likeness (QED) is 0.303. The lowest BCUT2D eigenvalue weighted by Crippen LogP contribution is -2.13. The summed E-state index contributed by atoms with van der Waals surface area (Å²) < 4.78 is 1.92. The zero-order chi connectivity index (χ0) is 22.2. The van der Waals surface area contributed by atoms with Crippen LogP contribution in [0.4, 0.5) is 0 Å². The van der Waals surface area contributed by atoms with E-state index in [0.29, 0.717) is 39.7 Å². The van der Waals surface area contributed by atoms with Gasteiger partial charge in [0.2, 0.25) is 0 Å². The van der Waals surface area contributed by atoms with Crippen LogP contribution in [-0.2, 0) is 19.4 Å². The molecule has 0 saturated heterocycles. The number of aromatic nitrogens is 4. The highest BCUT2D eigenvalue weighted by atomic mass is 35.5. The van der Waals surface area contributed by atoms with Crippen LogP contribution in [0.15, 0.2) is 23.0 Å². The molecule has 5 nitrogen and oxygen atoms in total. The normalized spacial score (nSPS) is 11.5. The van der Waals surface area contributed by atoms with Gasteiger partial charge in [-0.3, -0.25) is 4.79 Å². The van der Waals surface area contributed by atoms with Crippen LogP contribution in [0.2, 0.25) is 10.0 Å². The van der Waals surface area contributed by atoms with Crippen molar-refractivity contribution in [2.24, 2.45) is 0 Å². The monoisotopic (exact) mass is 462 g/mol. The Kier molecular flexibility index (Phi) is 8.97. The van der Waals surface area contributed by atoms with Crippen LogP contribution in [-0.4, -0.2) is 19.7 Å². The summed E-state index contributed by atoms with van der Waals surface area (Å²) in [5.74, 6) is 0.607. The van der Waals surface area contributed by atoms with Crippen LogP contribution in [0.1, 0.15) is 82.3 Å². The van der Waals surface area contributed by atoms with E-state index in [4.69, 9.17) is 33.3 Å². The molecule has 0 amide bonds. The zero-order valence-electron chi connectivity index (χ0n) is 18.5. The van der Waals surface area contributed by atoms with Crippen molar-refractivity contribution in [3.8, 4) is 0 Å². The maximum absolute atomic E-state index is 12.8. The predicted molar refractivity (Wildman–Crippen MR) is 129 cm³/mol. The Hall–Kier alpha value is -1.85. The summed E-state index contributed by atoms with van der Waals surface area (Å²) in [4.78, 5) is 20.5. The number of hydrogen-bond donors (Lipinski definition) is 1. The first kappa shape index (κ1) is 23.8. The van der Waals surface area contributed by atoms with E-state index in [9.17, 15) is 4.79 Å². The molecule has 0 atom stereocenters. The van der Waals surface area contributed by atoms with Gasteiger partial charge in [0.25, 0.3) is 5.56 Å². The maximum atomic E-state index is 12.8. The first-order valence-corrected chi connectivity index (χ1v) is 12.2. The average Bonchev–Trinajstić information content (AvgIpc) is 3.11. The Morgan fingerprint density at radius 1 is 0.968 bits per heavy atom. The highest BCUT2D eigenvalue weighted by Gasteiger charge is 2.16. The number of nitrogens with zero attached hydrogens (tertiary/aromatic N) is 3. The molecule has 1 N–H and O–H groups in total. The minimum absolute atomic E-state index is 0.126. The number of aryl methyl sites for hydroxylation is 2.